The highest BCUT2D eigenvalue weighted by Gasteiger charge is 2.45. The lowest BCUT2D eigenvalue weighted by Crippen LogP contribution is -3.06. The Morgan fingerprint density at radius 3 is 2.68 bits per heavy atom. The number of benzene rings is 1. The van der Waals surface area contributed by atoms with Crippen LogP contribution >= 0.6 is 11.8 Å². The smallest absolute Gasteiger partial charge is 0.255 e. The third-order valence-corrected chi connectivity index (χ3v) is 7.08. The first-order chi connectivity index (χ1) is 13.5. The second kappa shape index (κ2) is 9.74. The van der Waals surface area contributed by atoms with Gasteiger partial charge in [-0.3, -0.25) is 9.59 Å². The lowest BCUT2D eigenvalue weighted by molar-refractivity contribution is -0.856. The molecule has 2 amide bonds. The minimum Gasteiger partial charge on any atom is -0.349 e. The fourth-order valence-corrected chi connectivity index (χ4v) is 5.73. The molecule has 0 spiro atoms. The molecule has 2 fully saturated rings. The molecule has 28 heavy (non-hydrogen) atoms. The van der Waals surface area contributed by atoms with Gasteiger partial charge >= 0.3 is 0 Å². The highest BCUT2D eigenvalue weighted by Crippen LogP contribution is 2.41. The monoisotopic (exact) mass is 408 g/mol. The van der Waals surface area contributed by atoms with Gasteiger partial charge in [0.25, 0.3) is 5.91 Å². The Morgan fingerprint density at radius 2 is 2.00 bits per heavy atom. The van der Waals surface area contributed by atoms with E-state index in [0.717, 1.165) is 19.4 Å². The third kappa shape index (κ3) is 5.06. The molecule has 3 rings (SSSR count). The highest BCUT2D eigenvalue weighted by atomic mass is 32.2. The van der Waals surface area contributed by atoms with Crippen molar-refractivity contribution in [2.75, 3.05) is 32.9 Å². The Labute approximate surface area is 171 Å². The molecule has 0 aromatic heterocycles. The summed E-state index contributed by atoms with van der Waals surface area (Å²) in [4.78, 5) is 29.2. The highest BCUT2D eigenvalue weighted by molar-refractivity contribution is 8.00. The number of nitrogens with one attached hydrogen (secondary N) is 2. The standard InChI is InChI=1S/C21H30FN3O2S/c1-24(2)12-11-23-19(26)18-14-28-21(15-7-4-3-5-8-15)25(18)20(27)16-9-6-10-17(22)13-16/h6,9-10,13,15,18,21H,3-5,7-8,11-12,14H2,1-2H3,(H,23,26)/p+1/t18-,21+/m0/s1. The normalized spacial score (nSPS) is 23.2. The summed E-state index contributed by atoms with van der Waals surface area (Å²) in [6, 6.07) is 5.30. The summed E-state index contributed by atoms with van der Waals surface area (Å²) >= 11 is 1.71. The number of carbonyl (C=O) groups is 2. The van der Waals surface area contributed by atoms with E-state index < -0.39 is 11.9 Å². The molecule has 0 unspecified atom stereocenters. The maximum Gasteiger partial charge on any atom is 0.255 e. The van der Waals surface area contributed by atoms with Gasteiger partial charge < -0.3 is 15.1 Å². The van der Waals surface area contributed by atoms with Crippen molar-refractivity contribution in [2.45, 2.75) is 43.5 Å². The van der Waals surface area contributed by atoms with E-state index in [9.17, 15) is 14.0 Å². The predicted molar refractivity (Wildman–Crippen MR) is 110 cm³/mol. The maximum absolute atomic E-state index is 13.7. The van der Waals surface area contributed by atoms with E-state index in [1.54, 1.807) is 28.8 Å². The Balaban J connectivity index is 1.80. The Hall–Kier alpha value is -1.60. The van der Waals surface area contributed by atoms with Gasteiger partial charge in [0, 0.05) is 11.3 Å². The number of hydrogen-bond donors (Lipinski definition) is 2. The molecule has 5 nitrogen and oxygen atoms in total. The Morgan fingerprint density at radius 1 is 1.25 bits per heavy atom. The summed E-state index contributed by atoms with van der Waals surface area (Å²) in [7, 11) is 4.08. The summed E-state index contributed by atoms with van der Waals surface area (Å²) in [6.45, 7) is 1.41. The number of hydrogen-bond acceptors (Lipinski definition) is 3. The molecule has 1 aromatic carbocycles. The minimum atomic E-state index is -0.496. The van der Waals surface area contributed by atoms with Crippen LogP contribution in [0.3, 0.4) is 0 Å². The summed E-state index contributed by atoms with van der Waals surface area (Å²) in [6.07, 6.45) is 5.76. The molecule has 1 aliphatic heterocycles. The van der Waals surface area contributed by atoms with Crippen LogP contribution < -0.4 is 10.2 Å². The molecule has 2 N–H and O–H groups in total. The molecule has 1 saturated heterocycles. The molecule has 0 radical (unpaired) electrons. The van der Waals surface area contributed by atoms with Crippen LogP contribution in [-0.4, -0.2) is 61.1 Å². The SMILES string of the molecule is C[NH+](C)CCNC(=O)[C@@H]1CS[C@H](C2CCCCC2)N1C(=O)c1cccc(F)c1. The van der Waals surface area contributed by atoms with Crippen LogP contribution in [0.5, 0.6) is 0 Å². The number of rotatable bonds is 6. The van der Waals surface area contributed by atoms with Gasteiger partial charge in [-0.25, -0.2) is 4.39 Å². The summed E-state index contributed by atoms with van der Waals surface area (Å²) in [5, 5.41) is 2.98. The van der Waals surface area contributed by atoms with Gasteiger partial charge in [0.05, 0.1) is 32.6 Å². The van der Waals surface area contributed by atoms with Crippen LogP contribution in [0.1, 0.15) is 42.5 Å². The first-order valence-electron chi connectivity index (χ1n) is 10.2. The van der Waals surface area contributed by atoms with E-state index >= 15 is 0 Å². The number of quaternary nitrogens is 1. The van der Waals surface area contributed by atoms with Gasteiger partial charge in [0.2, 0.25) is 5.91 Å². The zero-order chi connectivity index (χ0) is 20.1. The van der Waals surface area contributed by atoms with E-state index in [2.05, 4.69) is 5.32 Å². The van der Waals surface area contributed by atoms with Crippen molar-refractivity contribution in [3.05, 3.63) is 35.6 Å². The van der Waals surface area contributed by atoms with E-state index in [1.165, 1.54) is 36.3 Å². The average Bonchev–Trinajstić information content (AvgIpc) is 3.13. The second-order valence-corrected chi connectivity index (χ2v) is 9.26. The molecular weight excluding hydrogens is 377 g/mol. The number of halogens is 1. The molecule has 2 aliphatic rings. The average molecular weight is 409 g/mol. The number of likely N-dealkylation sites (N-methyl/N-ethyl adjacent to an activating group) is 1. The van der Waals surface area contributed by atoms with Crippen LogP contribution in [-0.2, 0) is 4.79 Å². The van der Waals surface area contributed by atoms with Gasteiger partial charge in [-0.15, -0.1) is 11.8 Å². The van der Waals surface area contributed by atoms with Crippen molar-refractivity contribution in [1.82, 2.24) is 10.2 Å². The summed E-state index contributed by atoms with van der Waals surface area (Å²) < 4.78 is 13.7. The number of carbonyl (C=O) groups excluding carboxylic acids is 2. The number of thioether (sulfide) groups is 1. The summed E-state index contributed by atoms with van der Waals surface area (Å²) in [5.74, 6) is 0.237. The first kappa shape index (κ1) is 21.1. The molecule has 154 valence electrons. The van der Waals surface area contributed by atoms with Crippen molar-refractivity contribution < 1.29 is 18.9 Å². The Kier molecular flexibility index (Phi) is 7.35. The van der Waals surface area contributed by atoms with Gasteiger partial charge in [-0.05, 0) is 37.0 Å². The molecule has 1 saturated carbocycles. The van der Waals surface area contributed by atoms with E-state index in [1.807, 2.05) is 14.1 Å². The van der Waals surface area contributed by atoms with Crippen LogP contribution in [0.15, 0.2) is 24.3 Å². The zero-order valence-corrected chi connectivity index (χ0v) is 17.6. The number of nitrogens with zero attached hydrogens (tertiary/aromatic N) is 1. The zero-order valence-electron chi connectivity index (χ0n) is 16.7. The predicted octanol–water partition coefficient (Wildman–Crippen LogP) is 1.55. The van der Waals surface area contributed by atoms with Crippen LogP contribution in [0.2, 0.25) is 0 Å². The lowest BCUT2D eigenvalue weighted by atomic mass is 9.88. The fraction of sp³-hybridized carbons (Fsp3) is 0.619. The first-order valence-corrected chi connectivity index (χ1v) is 11.3. The van der Waals surface area contributed by atoms with Crippen molar-refractivity contribution in [1.29, 1.82) is 0 Å². The summed E-state index contributed by atoms with van der Waals surface area (Å²) in [5.41, 5.74) is 0.318. The largest absolute Gasteiger partial charge is 0.349 e. The molecule has 1 aromatic rings. The van der Waals surface area contributed by atoms with Crippen molar-refractivity contribution >= 4 is 23.6 Å². The number of amides is 2. The fourth-order valence-electron chi connectivity index (χ4n) is 4.09. The molecule has 2 atom stereocenters. The van der Waals surface area contributed by atoms with Crippen LogP contribution in [0, 0.1) is 11.7 Å². The van der Waals surface area contributed by atoms with E-state index in [-0.39, 0.29) is 17.2 Å². The van der Waals surface area contributed by atoms with Crippen molar-refractivity contribution in [3.63, 3.8) is 0 Å². The third-order valence-electron chi connectivity index (χ3n) is 5.62. The molecule has 1 aliphatic carbocycles. The quantitative estimate of drug-likeness (QED) is 0.751. The van der Waals surface area contributed by atoms with Crippen LogP contribution in [0.4, 0.5) is 4.39 Å². The van der Waals surface area contributed by atoms with Gasteiger partial charge in [0.15, 0.2) is 0 Å². The van der Waals surface area contributed by atoms with Crippen molar-refractivity contribution in [2.24, 2.45) is 5.92 Å². The van der Waals surface area contributed by atoms with Gasteiger partial charge in [0.1, 0.15) is 11.9 Å². The van der Waals surface area contributed by atoms with E-state index in [4.69, 9.17) is 0 Å². The Bertz CT molecular complexity index is 694. The van der Waals surface area contributed by atoms with Gasteiger partial charge in [-0.1, -0.05) is 25.3 Å². The topological polar surface area (TPSA) is 53.9 Å². The van der Waals surface area contributed by atoms with E-state index in [0.29, 0.717) is 23.8 Å². The molecule has 0 bridgehead atoms. The minimum absolute atomic E-state index is 0.00806. The van der Waals surface area contributed by atoms with Crippen molar-refractivity contribution in [3.8, 4) is 0 Å². The molecule has 7 heteroatoms. The molecule has 1 heterocycles. The van der Waals surface area contributed by atoms with Crippen LogP contribution in [0.25, 0.3) is 0 Å². The molecular formula is C21H31FN3O2S+. The van der Waals surface area contributed by atoms with Gasteiger partial charge in [-0.2, -0.15) is 0 Å². The second-order valence-electron chi connectivity index (χ2n) is 8.11. The lowest BCUT2D eigenvalue weighted by Gasteiger charge is -2.35. The maximum atomic E-state index is 13.7.